The molecule has 158 valence electrons. The molecule has 9 heteroatoms. The summed E-state index contributed by atoms with van der Waals surface area (Å²) in [5.74, 6) is 0.781. The van der Waals surface area contributed by atoms with E-state index in [9.17, 15) is 9.59 Å². The minimum Gasteiger partial charge on any atom is -0.335 e. The summed E-state index contributed by atoms with van der Waals surface area (Å²) in [5, 5.41) is 9.05. The number of nitrogens with zero attached hydrogens (tertiary/aromatic N) is 3. The third-order valence-electron chi connectivity index (χ3n) is 4.97. The predicted molar refractivity (Wildman–Crippen MR) is 127 cm³/mol. The van der Waals surface area contributed by atoms with Crippen molar-refractivity contribution in [2.75, 3.05) is 16.0 Å². The van der Waals surface area contributed by atoms with Gasteiger partial charge in [0, 0.05) is 29.5 Å². The molecular formula is C23H17BrN6O2. The van der Waals surface area contributed by atoms with E-state index in [1.165, 1.54) is 0 Å². The molecule has 2 aromatic carbocycles. The molecule has 4 aromatic rings. The Morgan fingerprint density at radius 1 is 1.00 bits per heavy atom. The lowest BCUT2D eigenvalue weighted by Gasteiger charge is -2.12. The lowest BCUT2D eigenvalue weighted by Crippen LogP contribution is -2.20. The lowest BCUT2D eigenvalue weighted by atomic mass is 10.1. The van der Waals surface area contributed by atoms with Crippen LogP contribution in [0, 0.1) is 0 Å². The standard InChI is InChI=1S/C23H17BrN6O2/c24-17-13-25-23(26-15-8-9-18-14(11-15)12-20(31)27-18)29-21(17)28-19-7-4-10-30(22(19)32)16-5-2-1-3-6-16/h1-11,13H,12H2,(H,27,31)(H2,25,26,28,29). The predicted octanol–water partition coefficient (Wildman–Crippen LogP) is 4.37. The Morgan fingerprint density at radius 3 is 2.69 bits per heavy atom. The van der Waals surface area contributed by atoms with Crippen LogP contribution in [0.4, 0.5) is 28.8 Å². The van der Waals surface area contributed by atoms with Crippen LogP contribution in [-0.4, -0.2) is 20.4 Å². The Morgan fingerprint density at radius 2 is 1.84 bits per heavy atom. The molecule has 5 rings (SSSR count). The Balaban J connectivity index is 1.41. The van der Waals surface area contributed by atoms with Crippen LogP contribution >= 0.6 is 15.9 Å². The number of carbonyl (C=O) groups excluding carboxylic acids is 1. The normalized spacial score (nSPS) is 12.2. The third-order valence-corrected chi connectivity index (χ3v) is 5.55. The smallest absolute Gasteiger partial charge is 0.278 e. The minimum atomic E-state index is -0.200. The van der Waals surface area contributed by atoms with E-state index in [4.69, 9.17) is 0 Å². The molecule has 0 saturated carbocycles. The number of amides is 1. The Kier molecular flexibility index (Phi) is 5.16. The molecule has 1 aliphatic rings. The van der Waals surface area contributed by atoms with E-state index in [1.54, 1.807) is 29.1 Å². The SMILES string of the molecule is O=C1Cc2cc(Nc3ncc(Br)c(Nc4cccn(-c5ccccc5)c4=O)n3)ccc2N1. The van der Waals surface area contributed by atoms with Gasteiger partial charge in [-0.2, -0.15) is 4.98 Å². The summed E-state index contributed by atoms with van der Waals surface area (Å²) in [7, 11) is 0. The molecule has 0 spiro atoms. The second-order valence-corrected chi connectivity index (χ2v) is 8.02. The maximum Gasteiger partial charge on any atom is 0.278 e. The van der Waals surface area contributed by atoms with Gasteiger partial charge >= 0.3 is 0 Å². The number of halogens is 1. The van der Waals surface area contributed by atoms with Crippen LogP contribution in [0.2, 0.25) is 0 Å². The molecule has 0 unspecified atom stereocenters. The molecule has 0 aliphatic carbocycles. The van der Waals surface area contributed by atoms with E-state index >= 15 is 0 Å². The Bertz CT molecular complexity index is 1390. The zero-order chi connectivity index (χ0) is 22.1. The van der Waals surface area contributed by atoms with Crippen molar-refractivity contribution in [1.82, 2.24) is 14.5 Å². The first-order valence-corrected chi connectivity index (χ1v) is 10.6. The number of fused-ring (bicyclic) bond motifs is 1. The topological polar surface area (TPSA) is 101 Å². The third kappa shape index (κ3) is 3.97. The Hall–Kier alpha value is -3.98. The second kappa shape index (κ2) is 8.27. The number of hydrogen-bond donors (Lipinski definition) is 3. The van der Waals surface area contributed by atoms with Gasteiger partial charge in [-0.25, -0.2) is 4.98 Å². The molecule has 0 atom stereocenters. The van der Waals surface area contributed by atoms with Crippen LogP contribution in [0.1, 0.15) is 5.56 Å². The van der Waals surface area contributed by atoms with Crippen LogP contribution in [-0.2, 0) is 11.2 Å². The van der Waals surface area contributed by atoms with Crippen molar-refractivity contribution in [2.45, 2.75) is 6.42 Å². The van der Waals surface area contributed by atoms with E-state index in [0.29, 0.717) is 28.3 Å². The number of aromatic nitrogens is 3. The van der Waals surface area contributed by atoms with Gasteiger partial charge in [0.05, 0.1) is 10.9 Å². The molecule has 1 aliphatic heterocycles. The molecule has 3 N–H and O–H groups in total. The first-order chi connectivity index (χ1) is 15.6. The molecular weight excluding hydrogens is 472 g/mol. The summed E-state index contributed by atoms with van der Waals surface area (Å²) in [6.45, 7) is 0. The van der Waals surface area contributed by atoms with Gasteiger partial charge in [-0.15, -0.1) is 0 Å². The van der Waals surface area contributed by atoms with Gasteiger partial charge in [0.25, 0.3) is 5.56 Å². The summed E-state index contributed by atoms with van der Waals surface area (Å²) in [6, 6.07) is 18.5. The van der Waals surface area contributed by atoms with E-state index in [0.717, 1.165) is 22.6 Å². The Labute approximate surface area is 191 Å². The average molecular weight is 489 g/mol. The van der Waals surface area contributed by atoms with Crippen molar-refractivity contribution in [3.8, 4) is 5.69 Å². The van der Waals surface area contributed by atoms with Crippen LogP contribution < -0.4 is 21.5 Å². The molecule has 2 aromatic heterocycles. The van der Waals surface area contributed by atoms with Crippen molar-refractivity contribution in [1.29, 1.82) is 0 Å². The lowest BCUT2D eigenvalue weighted by molar-refractivity contribution is -0.115. The number of nitrogens with one attached hydrogen (secondary N) is 3. The van der Waals surface area contributed by atoms with Crippen LogP contribution in [0.5, 0.6) is 0 Å². The first kappa shape index (κ1) is 20.0. The first-order valence-electron chi connectivity index (χ1n) is 9.83. The fourth-order valence-electron chi connectivity index (χ4n) is 3.46. The molecule has 8 nitrogen and oxygen atoms in total. The van der Waals surface area contributed by atoms with Crippen LogP contribution in [0.3, 0.4) is 0 Å². The monoisotopic (exact) mass is 488 g/mol. The highest BCUT2D eigenvalue weighted by Gasteiger charge is 2.18. The summed E-state index contributed by atoms with van der Waals surface area (Å²) >= 11 is 3.44. The zero-order valence-electron chi connectivity index (χ0n) is 16.7. The van der Waals surface area contributed by atoms with Gasteiger partial charge in [-0.05, 0) is 64.0 Å². The second-order valence-electron chi connectivity index (χ2n) is 7.17. The molecule has 0 saturated heterocycles. The zero-order valence-corrected chi connectivity index (χ0v) is 18.3. The van der Waals surface area contributed by atoms with Gasteiger partial charge in [0.15, 0.2) is 5.82 Å². The molecule has 0 bridgehead atoms. The number of pyridine rings is 1. The van der Waals surface area contributed by atoms with E-state index in [2.05, 4.69) is 41.8 Å². The fourth-order valence-corrected chi connectivity index (χ4v) is 3.75. The average Bonchev–Trinajstić information content (AvgIpc) is 3.17. The fraction of sp³-hybridized carbons (Fsp3) is 0.0435. The number of hydrogen-bond acceptors (Lipinski definition) is 6. The number of para-hydroxylation sites is 1. The molecule has 0 fully saturated rings. The summed E-state index contributed by atoms with van der Waals surface area (Å²) in [4.78, 5) is 33.4. The highest BCUT2D eigenvalue weighted by molar-refractivity contribution is 9.10. The van der Waals surface area contributed by atoms with Gasteiger partial charge < -0.3 is 16.0 Å². The summed E-state index contributed by atoms with van der Waals surface area (Å²) in [5.41, 5.74) is 3.45. The number of anilines is 5. The van der Waals surface area contributed by atoms with Crippen LogP contribution in [0.15, 0.2) is 82.3 Å². The highest BCUT2D eigenvalue weighted by Crippen LogP contribution is 2.28. The maximum absolute atomic E-state index is 13.0. The van der Waals surface area contributed by atoms with Gasteiger partial charge in [0.2, 0.25) is 11.9 Å². The van der Waals surface area contributed by atoms with E-state index in [-0.39, 0.29) is 11.5 Å². The van der Waals surface area contributed by atoms with Gasteiger partial charge in [0.1, 0.15) is 5.69 Å². The highest BCUT2D eigenvalue weighted by atomic mass is 79.9. The van der Waals surface area contributed by atoms with Gasteiger partial charge in [-0.1, -0.05) is 18.2 Å². The van der Waals surface area contributed by atoms with E-state index < -0.39 is 0 Å². The largest absolute Gasteiger partial charge is 0.335 e. The maximum atomic E-state index is 13.0. The molecule has 1 amide bonds. The van der Waals surface area contributed by atoms with Gasteiger partial charge in [-0.3, -0.25) is 14.2 Å². The van der Waals surface area contributed by atoms with Crippen molar-refractivity contribution < 1.29 is 4.79 Å². The molecule has 32 heavy (non-hydrogen) atoms. The van der Waals surface area contributed by atoms with Crippen LogP contribution in [0.25, 0.3) is 5.69 Å². The summed E-state index contributed by atoms with van der Waals surface area (Å²) in [6.07, 6.45) is 3.67. The number of benzene rings is 2. The van der Waals surface area contributed by atoms with Crippen molar-refractivity contribution in [3.63, 3.8) is 0 Å². The minimum absolute atomic E-state index is 0.0208. The quantitative estimate of drug-likeness (QED) is 0.385. The molecule has 3 heterocycles. The molecule has 0 radical (unpaired) electrons. The number of carbonyl (C=O) groups is 1. The van der Waals surface area contributed by atoms with Crippen molar-refractivity contribution in [3.05, 3.63) is 93.4 Å². The van der Waals surface area contributed by atoms with Crippen molar-refractivity contribution in [2.24, 2.45) is 0 Å². The summed E-state index contributed by atoms with van der Waals surface area (Å²) < 4.78 is 2.18. The number of rotatable bonds is 5. The van der Waals surface area contributed by atoms with Crippen molar-refractivity contribution >= 4 is 50.7 Å². The van der Waals surface area contributed by atoms with E-state index in [1.807, 2.05) is 48.5 Å².